The molecule has 1 saturated heterocycles. The molecule has 1 aromatic rings. The number of aryl methyl sites for hydroxylation is 1. The largest absolute Gasteiger partial charge is 0.481 e. The van der Waals surface area contributed by atoms with Crippen LogP contribution >= 0.6 is 0 Å². The van der Waals surface area contributed by atoms with E-state index in [1.165, 1.54) is 0 Å². The molecule has 5 heteroatoms. The molecule has 108 valence electrons. The Balaban J connectivity index is 1.81. The number of benzene rings is 1. The van der Waals surface area contributed by atoms with Gasteiger partial charge in [-0.2, -0.15) is 0 Å². The maximum atomic E-state index is 12.1. The Hall–Kier alpha value is -1.88. The molecule has 1 heterocycles. The van der Waals surface area contributed by atoms with Gasteiger partial charge in [0.1, 0.15) is 0 Å². The normalized spacial score (nSPS) is 18.8. The number of aliphatic carboxylic acids is 1. The molecule has 0 bridgehead atoms. The Morgan fingerprint density at radius 2 is 2.05 bits per heavy atom. The third-order valence-corrected chi connectivity index (χ3v) is 3.36. The lowest BCUT2D eigenvalue weighted by Crippen LogP contribution is -2.46. The molecule has 1 aliphatic heterocycles. The van der Waals surface area contributed by atoms with Gasteiger partial charge >= 0.3 is 5.97 Å². The van der Waals surface area contributed by atoms with Crippen molar-refractivity contribution in [3.63, 3.8) is 0 Å². The summed E-state index contributed by atoms with van der Waals surface area (Å²) < 4.78 is 5.36. The molecule has 1 aromatic carbocycles. The van der Waals surface area contributed by atoms with Crippen molar-refractivity contribution in [2.24, 2.45) is 0 Å². The van der Waals surface area contributed by atoms with Gasteiger partial charge in [0, 0.05) is 19.5 Å². The zero-order valence-corrected chi connectivity index (χ0v) is 11.3. The number of carboxylic acid groups (broad SMARTS) is 1. The Morgan fingerprint density at radius 3 is 2.75 bits per heavy atom. The van der Waals surface area contributed by atoms with Crippen molar-refractivity contribution in [3.8, 4) is 0 Å². The van der Waals surface area contributed by atoms with Crippen molar-refractivity contribution in [1.82, 2.24) is 4.90 Å². The number of carbonyl (C=O) groups is 2. The van der Waals surface area contributed by atoms with Crippen LogP contribution < -0.4 is 0 Å². The van der Waals surface area contributed by atoms with Gasteiger partial charge in [0.05, 0.1) is 19.1 Å². The van der Waals surface area contributed by atoms with Gasteiger partial charge in [0.25, 0.3) is 0 Å². The summed E-state index contributed by atoms with van der Waals surface area (Å²) in [4.78, 5) is 24.5. The molecule has 0 radical (unpaired) electrons. The summed E-state index contributed by atoms with van der Waals surface area (Å²) in [5.74, 6) is -0.832. The second-order valence-electron chi connectivity index (χ2n) is 4.92. The Kier molecular flexibility index (Phi) is 5.12. The van der Waals surface area contributed by atoms with E-state index in [1.54, 1.807) is 4.90 Å². The summed E-state index contributed by atoms with van der Waals surface area (Å²) in [6.07, 6.45) is 0.717. The molecule has 0 aliphatic carbocycles. The first kappa shape index (κ1) is 14.5. The molecular formula is C15H19NO4. The predicted octanol–water partition coefficient (Wildman–Crippen LogP) is 1.32. The third-order valence-electron chi connectivity index (χ3n) is 3.36. The first-order valence-electron chi connectivity index (χ1n) is 6.80. The van der Waals surface area contributed by atoms with Crippen molar-refractivity contribution in [3.05, 3.63) is 35.9 Å². The van der Waals surface area contributed by atoms with E-state index >= 15 is 0 Å². The molecular weight excluding hydrogens is 258 g/mol. The quantitative estimate of drug-likeness (QED) is 0.881. The molecule has 1 amide bonds. The summed E-state index contributed by atoms with van der Waals surface area (Å²) in [6.45, 7) is 1.33. The molecule has 1 N–H and O–H groups in total. The first-order chi connectivity index (χ1) is 9.65. The van der Waals surface area contributed by atoms with Crippen LogP contribution in [-0.4, -0.2) is 47.7 Å². The van der Waals surface area contributed by atoms with Crippen LogP contribution in [0.5, 0.6) is 0 Å². The molecule has 1 aliphatic rings. The molecule has 20 heavy (non-hydrogen) atoms. The van der Waals surface area contributed by atoms with Gasteiger partial charge in [-0.15, -0.1) is 0 Å². The first-order valence-corrected chi connectivity index (χ1v) is 6.80. The van der Waals surface area contributed by atoms with Gasteiger partial charge in [0.15, 0.2) is 0 Å². The van der Waals surface area contributed by atoms with E-state index in [1.807, 2.05) is 30.3 Å². The zero-order valence-electron chi connectivity index (χ0n) is 11.3. The molecule has 5 nitrogen and oxygen atoms in total. The van der Waals surface area contributed by atoms with Crippen LogP contribution in [0, 0.1) is 0 Å². The predicted molar refractivity (Wildman–Crippen MR) is 73.3 cm³/mol. The highest BCUT2D eigenvalue weighted by atomic mass is 16.5. The van der Waals surface area contributed by atoms with Crippen LogP contribution in [0.15, 0.2) is 30.3 Å². The monoisotopic (exact) mass is 277 g/mol. The summed E-state index contributed by atoms with van der Waals surface area (Å²) in [7, 11) is 0. The summed E-state index contributed by atoms with van der Waals surface area (Å²) in [5.41, 5.74) is 1.14. The number of rotatable bonds is 5. The zero-order chi connectivity index (χ0) is 14.4. The van der Waals surface area contributed by atoms with Crippen LogP contribution in [0.25, 0.3) is 0 Å². The van der Waals surface area contributed by atoms with Gasteiger partial charge < -0.3 is 14.7 Å². The summed E-state index contributed by atoms with van der Waals surface area (Å²) in [5, 5.41) is 8.76. The van der Waals surface area contributed by atoms with Crippen LogP contribution in [0.2, 0.25) is 0 Å². The molecule has 0 spiro atoms. The lowest BCUT2D eigenvalue weighted by Gasteiger charge is -2.32. The molecule has 1 fully saturated rings. The number of nitrogens with zero attached hydrogens (tertiary/aromatic N) is 1. The van der Waals surface area contributed by atoms with Gasteiger partial charge in [0.2, 0.25) is 5.91 Å². The highest BCUT2D eigenvalue weighted by molar-refractivity contribution is 5.76. The Labute approximate surface area is 118 Å². The van der Waals surface area contributed by atoms with Crippen molar-refractivity contribution in [2.45, 2.75) is 25.4 Å². The third kappa shape index (κ3) is 4.35. The minimum absolute atomic E-state index is 0.0531. The SMILES string of the molecule is O=C(O)C[C@H]1CN(C(=O)CCc2ccccc2)CCO1. The Morgan fingerprint density at radius 1 is 1.30 bits per heavy atom. The molecule has 0 unspecified atom stereocenters. The molecule has 2 rings (SSSR count). The highest BCUT2D eigenvalue weighted by Crippen LogP contribution is 2.11. The van der Waals surface area contributed by atoms with E-state index in [4.69, 9.17) is 9.84 Å². The maximum absolute atomic E-state index is 12.1. The van der Waals surface area contributed by atoms with Gasteiger partial charge in [-0.25, -0.2) is 0 Å². The van der Waals surface area contributed by atoms with Gasteiger partial charge in [-0.1, -0.05) is 30.3 Å². The second-order valence-corrected chi connectivity index (χ2v) is 4.92. The molecule has 0 aromatic heterocycles. The topological polar surface area (TPSA) is 66.8 Å². The van der Waals surface area contributed by atoms with Crippen molar-refractivity contribution in [2.75, 3.05) is 19.7 Å². The lowest BCUT2D eigenvalue weighted by molar-refractivity contribution is -0.147. The number of hydrogen-bond donors (Lipinski definition) is 1. The number of morpholine rings is 1. The van der Waals surface area contributed by atoms with E-state index in [-0.39, 0.29) is 18.4 Å². The minimum atomic E-state index is -0.895. The standard InChI is InChI=1S/C15H19NO4/c17-14(7-6-12-4-2-1-3-5-12)16-8-9-20-13(11-16)10-15(18)19/h1-5,13H,6-11H2,(H,18,19)/t13-/m0/s1. The van der Waals surface area contributed by atoms with Crippen molar-refractivity contribution < 1.29 is 19.4 Å². The average Bonchev–Trinajstić information content (AvgIpc) is 2.45. The number of carbonyl (C=O) groups excluding carboxylic acids is 1. The number of ether oxygens (including phenoxy) is 1. The lowest BCUT2D eigenvalue weighted by atomic mass is 10.1. The van der Waals surface area contributed by atoms with Crippen LogP contribution in [-0.2, 0) is 20.7 Å². The fraction of sp³-hybridized carbons (Fsp3) is 0.467. The van der Waals surface area contributed by atoms with E-state index in [9.17, 15) is 9.59 Å². The Bertz CT molecular complexity index is 460. The second kappa shape index (κ2) is 7.05. The van der Waals surface area contributed by atoms with Gasteiger partial charge in [-0.3, -0.25) is 9.59 Å². The van der Waals surface area contributed by atoms with E-state index in [0.29, 0.717) is 32.5 Å². The maximum Gasteiger partial charge on any atom is 0.306 e. The van der Waals surface area contributed by atoms with E-state index in [0.717, 1.165) is 5.56 Å². The number of hydrogen-bond acceptors (Lipinski definition) is 3. The summed E-state index contributed by atoms with van der Waals surface area (Å²) in [6, 6.07) is 9.86. The van der Waals surface area contributed by atoms with Crippen LogP contribution in [0.4, 0.5) is 0 Å². The smallest absolute Gasteiger partial charge is 0.306 e. The van der Waals surface area contributed by atoms with Crippen molar-refractivity contribution >= 4 is 11.9 Å². The van der Waals surface area contributed by atoms with Crippen molar-refractivity contribution in [1.29, 1.82) is 0 Å². The van der Waals surface area contributed by atoms with E-state index in [2.05, 4.69) is 0 Å². The summed E-state index contributed by atoms with van der Waals surface area (Å²) >= 11 is 0. The van der Waals surface area contributed by atoms with Crippen LogP contribution in [0.3, 0.4) is 0 Å². The molecule has 1 atom stereocenters. The number of carboxylic acids is 1. The minimum Gasteiger partial charge on any atom is -0.481 e. The van der Waals surface area contributed by atoms with Gasteiger partial charge in [-0.05, 0) is 12.0 Å². The highest BCUT2D eigenvalue weighted by Gasteiger charge is 2.25. The van der Waals surface area contributed by atoms with E-state index < -0.39 is 5.97 Å². The fourth-order valence-corrected chi connectivity index (χ4v) is 2.32. The fourth-order valence-electron chi connectivity index (χ4n) is 2.32. The van der Waals surface area contributed by atoms with Crippen LogP contribution in [0.1, 0.15) is 18.4 Å². The average molecular weight is 277 g/mol. The molecule has 0 saturated carbocycles. The number of amides is 1.